The second-order valence-electron chi connectivity index (χ2n) is 9.77. The van der Waals surface area contributed by atoms with Gasteiger partial charge in [0.05, 0.1) is 11.0 Å². The number of carbonyl (C=O) groups excluding carboxylic acids is 1. The molecule has 1 heterocycles. The van der Waals surface area contributed by atoms with Crippen molar-refractivity contribution in [3.05, 3.63) is 29.6 Å². The zero-order chi connectivity index (χ0) is 23.3. The van der Waals surface area contributed by atoms with Crippen molar-refractivity contribution in [2.75, 3.05) is 0 Å². The van der Waals surface area contributed by atoms with Crippen LogP contribution in [0.1, 0.15) is 101 Å². The van der Waals surface area contributed by atoms with Crippen LogP contribution >= 0.6 is 0 Å². The number of carbonyl (C=O) groups is 2. The Morgan fingerprint density at radius 1 is 1.16 bits per heavy atom. The third kappa shape index (κ3) is 5.70. The van der Waals surface area contributed by atoms with E-state index in [1.807, 2.05) is 26.0 Å². The highest BCUT2D eigenvalue weighted by atomic mass is 16.4. The second-order valence-corrected chi connectivity index (χ2v) is 9.77. The van der Waals surface area contributed by atoms with Crippen molar-refractivity contribution in [3.8, 4) is 0 Å². The molecule has 1 aromatic heterocycles. The number of hydrogen-bond acceptors (Lipinski definition) is 3. The number of nitrogens with one attached hydrogen (secondary N) is 1. The Bertz CT molecular complexity index is 924. The van der Waals surface area contributed by atoms with Crippen LogP contribution in [0.5, 0.6) is 0 Å². The van der Waals surface area contributed by atoms with E-state index in [2.05, 4.69) is 23.7 Å². The lowest BCUT2D eigenvalue weighted by Gasteiger charge is -2.24. The number of carboxylic acid groups (broad SMARTS) is 1. The van der Waals surface area contributed by atoms with E-state index in [0.717, 1.165) is 36.1 Å². The number of aliphatic carboxylic acids is 1. The molecule has 1 aromatic carbocycles. The van der Waals surface area contributed by atoms with Crippen LogP contribution in [0, 0.1) is 11.8 Å². The van der Waals surface area contributed by atoms with Gasteiger partial charge in [0.15, 0.2) is 0 Å². The molecule has 2 aromatic rings. The van der Waals surface area contributed by atoms with Crippen molar-refractivity contribution >= 4 is 22.9 Å². The van der Waals surface area contributed by atoms with E-state index in [1.165, 1.54) is 32.1 Å². The Hall–Kier alpha value is -2.37. The highest BCUT2D eigenvalue weighted by molar-refractivity contribution is 5.99. The van der Waals surface area contributed by atoms with Gasteiger partial charge in [0.1, 0.15) is 11.9 Å². The molecule has 1 saturated carbocycles. The summed E-state index contributed by atoms with van der Waals surface area (Å²) in [5, 5.41) is 12.2. The largest absolute Gasteiger partial charge is 0.480 e. The lowest BCUT2D eigenvalue weighted by Crippen LogP contribution is -2.41. The average Bonchev–Trinajstić information content (AvgIpc) is 3.11. The van der Waals surface area contributed by atoms with Crippen LogP contribution in [0.4, 0.5) is 0 Å². The molecule has 0 spiro atoms. The molecular weight excluding hydrogens is 402 g/mol. The fraction of sp³-hybridized carbons (Fsp3) is 0.654. The third-order valence-electron chi connectivity index (χ3n) is 6.84. The number of fused-ring (bicyclic) bond motifs is 1. The molecule has 1 amide bonds. The SMILES string of the molecule is CCC(CC)n1c(CC2CCCCC2)nc2cc(C(=O)NC(CC(C)C)C(=O)O)ccc21. The van der Waals surface area contributed by atoms with Crippen molar-refractivity contribution < 1.29 is 14.7 Å². The molecule has 0 radical (unpaired) electrons. The molecule has 3 rings (SSSR count). The van der Waals surface area contributed by atoms with E-state index in [-0.39, 0.29) is 11.8 Å². The minimum absolute atomic E-state index is 0.178. The highest BCUT2D eigenvalue weighted by Gasteiger charge is 2.24. The molecule has 32 heavy (non-hydrogen) atoms. The quantitative estimate of drug-likeness (QED) is 0.492. The van der Waals surface area contributed by atoms with Gasteiger partial charge < -0.3 is 15.0 Å². The zero-order valence-corrected chi connectivity index (χ0v) is 20.1. The summed E-state index contributed by atoms with van der Waals surface area (Å²) in [6.45, 7) is 8.33. The van der Waals surface area contributed by atoms with E-state index >= 15 is 0 Å². The monoisotopic (exact) mass is 441 g/mol. The summed E-state index contributed by atoms with van der Waals surface area (Å²) in [5.74, 6) is 0.633. The summed E-state index contributed by atoms with van der Waals surface area (Å²) in [4.78, 5) is 29.4. The Labute approximate surface area is 191 Å². The normalized spacial score (nSPS) is 16.1. The van der Waals surface area contributed by atoms with Gasteiger partial charge in [0.2, 0.25) is 0 Å². The Morgan fingerprint density at radius 3 is 2.44 bits per heavy atom. The first-order valence-electron chi connectivity index (χ1n) is 12.4. The molecule has 1 unspecified atom stereocenters. The molecular formula is C26H39N3O3. The molecule has 6 nitrogen and oxygen atoms in total. The Kier molecular flexibility index (Phi) is 8.32. The number of hydrogen-bond donors (Lipinski definition) is 2. The van der Waals surface area contributed by atoms with Crippen LogP contribution < -0.4 is 5.32 Å². The molecule has 1 atom stereocenters. The van der Waals surface area contributed by atoms with E-state index in [1.54, 1.807) is 6.07 Å². The van der Waals surface area contributed by atoms with Crippen molar-refractivity contribution in [1.29, 1.82) is 0 Å². The third-order valence-corrected chi connectivity index (χ3v) is 6.84. The summed E-state index contributed by atoms with van der Waals surface area (Å²) in [7, 11) is 0. The standard InChI is InChI=1S/C26H39N3O3/c1-5-20(6-2)29-23-13-12-19(25(30)28-22(26(31)32)14-17(3)4)16-21(23)27-24(29)15-18-10-8-7-9-11-18/h12-13,16-18,20,22H,5-11,14-15H2,1-4H3,(H,28,30)(H,31,32). The average molecular weight is 442 g/mol. The lowest BCUT2D eigenvalue weighted by atomic mass is 9.87. The van der Waals surface area contributed by atoms with E-state index in [9.17, 15) is 14.7 Å². The first-order chi connectivity index (χ1) is 15.3. The van der Waals surface area contributed by atoms with Gasteiger partial charge in [0.25, 0.3) is 5.91 Å². The summed E-state index contributed by atoms with van der Waals surface area (Å²) < 4.78 is 2.39. The first kappa shape index (κ1) is 24.3. The maximum Gasteiger partial charge on any atom is 0.326 e. The van der Waals surface area contributed by atoms with Gasteiger partial charge in [-0.1, -0.05) is 59.8 Å². The van der Waals surface area contributed by atoms with Gasteiger partial charge in [0, 0.05) is 18.0 Å². The Morgan fingerprint density at radius 2 is 1.84 bits per heavy atom. The highest BCUT2D eigenvalue weighted by Crippen LogP contribution is 2.31. The lowest BCUT2D eigenvalue weighted by molar-refractivity contribution is -0.139. The number of aromatic nitrogens is 2. The number of benzene rings is 1. The molecule has 1 fully saturated rings. The predicted octanol–water partition coefficient (Wildman–Crippen LogP) is 5.75. The van der Waals surface area contributed by atoms with Gasteiger partial charge in [-0.05, 0) is 49.3 Å². The smallest absolute Gasteiger partial charge is 0.326 e. The maximum atomic E-state index is 12.8. The van der Waals surface area contributed by atoms with Crippen molar-refractivity contribution in [3.63, 3.8) is 0 Å². The van der Waals surface area contributed by atoms with Crippen LogP contribution in [0.3, 0.4) is 0 Å². The molecule has 1 aliphatic carbocycles. The maximum absolute atomic E-state index is 12.8. The predicted molar refractivity (Wildman–Crippen MR) is 128 cm³/mol. The van der Waals surface area contributed by atoms with Crippen LogP contribution in [0.15, 0.2) is 18.2 Å². The van der Waals surface area contributed by atoms with Crippen LogP contribution in [0.2, 0.25) is 0 Å². The van der Waals surface area contributed by atoms with E-state index in [0.29, 0.717) is 23.9 Å². The number of carboxylic acids is 1. The second kappa shape index (κ2) is 11.0. The van der Waals surface area contributed by atoms with Gasteiger partial charge in [-0.25, -0.2) is 9.78 Å². The summed E-state index contributed by atoms with van der Waals surface area (Å²) in [6.07, 6.45) is 9.96. The van der Waals surface area contributed by atoms with Gasteiger partial charge in [-0.15, -0.1) is 0 Å². The topological polar surface area (TPSA) is 84.2 Å². The summed E-state index contributed by atoms with van der Waals surface area (Å²) >= 11 is 0. The van der Waals surface area contributed by atoms with E-state index < -0.39 is 12.0 Å². The number of rotatable bonds is 10. The fourth-order valence-electron chi connectivity index (χ4n) is 5.08. The molecule has 176 valence electrons. The summed E-state index contributed by atoms with van der Waals surface area (Å²) in [6, 6.07) is 5.11. The molecule has 0 saturated heterocycles. The van der Waals surface area contributed by atoms with Crippen molar-refractivity contribution in [2.45, 2.75) is 97.6 Å². The minimum atomic E-state index is -0.999. The first-order valence-corrected chi connectivity index (χ1v) is 12.4. The van der Waals surface area contributed by atoms with Crippen LogP contribution in [-0.2, 0) is 11.2 Å². The van der Waals surface area contributed by atoms with Gasteiger partial charge in [-0.3, -0.25) is 4.79 Å². The van der Waals surface area contributed by atoms with E-state index in [4.69, 9.17) is 4.98 Å². The zero-order valence-electron chi connectivity index (χ0n) is 20.1. The minimum Gasteiger partial charge on any atom is -0.480 e. The molecule has 0 bridgehead atoms. The van der Waals surface area contributed by atoms with Crippen molar-refractivity contribution in [2.24, 2.45) is 11.8 Å². The summed E-state index contributed by atoms with van der Waals surface area (Å²) in [5.41, 5.74) is 2.36. The van der Waals surface area contributed by atoms with Gasteiger partial charge in [-0.2, -0.15) is 0 Å². The number of nitrogens with zero attached hydrogens (tertiary/aromatic N) is 2. The Balaban J connectivity index is 1.91. The number of imidazole rings is 1. The van der Waals surface area contributed by atoms with Crippen molar-refractivity contribution in [1.82, 2.24) is 14.9 Å². The number of amides is 1. The molecule has 1 aliphatic rings. The van der Waals surface area contributed by atoms with Crippen LogP contribution in [0.25, 0.3) is 11.0 Å². The molecule has 2 N–H and O–H groups in total. The van der Waals surface area contributed by atoms with Crippen LogP contribution in [-0.4, -0.2) is 32.6 Å². The molecule has 0 aliphatic heterocycles. The fourth-order valence-corrected chi connectivity index (χ4v) is 5.08. The van der Waals surface area contributed by atoms with Gasteiger partial charge >= 0.3 is 5.97 Å². The molecule has 6 heteroatoms.